The SMILES string of the molecule is CCOc1ccc(Cc2cc(C3O[C@H](CC)[C@@H](C)[C@H](OCc4ccccc4)[C@H]3OCc3ccccc3)c3c(c2C2CC2)OCC3)cc1. The van der Waals surface area contributed by atoms with Gasteiger partial charge in [0.1, 0.15) is 23.7 Å². The van der Waals surface area contributed by atoms with E-state index in [0.29, 0.717) is 32.3 Å². The van der Waals surface area contributed by atoms with E-state index in [1.165, 1.54) is 46.2 Å². The molecule has 4 aromatic rings. The summed E-state index contributed by atoms with van der Waals surface area (Å²) in [6.45, 7) is 8.91. The van der Waals surface area contributed by atoms with E-state index < -0.39 is 0 Å². The van der Waals surface area contributed by atoms with Gasteiger partial charge in [-0.15, -0.1) is 0 Å². The Balaban J connectivity index is 1.28. The molecule has 7 rings (SSSR count). The molecule has 2 heterocycles. The molecule has 2 fully saturated rings. The summed E-state index contributed by atoms with van der Waals surface area (Å²) in [5.74, 6) is 2.74. The minimum absolute atomic E-state index is 0.0491. The predicted octanol–water partition coefficient (Wildman–Crippen LogP) is 9.15. The van der Waals surface area contributed by atoms with Gasteiger partial charge >= 0.3 is 0 Å². The van der Waals surface area contributed by atoms with Crippen molar-refractivity contribution in [2.75, 3.05) is 13.2 Å². The zero-order chi connectivity index (χ0) is 32.2. The van der Waals surface area contributed by atoms with Crippen LogP contribution in [0.3, 0.4) is 0 Å². The molecule has 5 heteroatoms. The van der Waals surface area contributed by atoms with Gasteiger partial charge in [0.25, 0.3) is 0 Å². The van der Waals surface area contributed by atoms with Gasteiger partial charge in [-0.05, 0) is 78.5 Å². The number of fused-ring (bicyclic) bond motifs is 1. The summed E-state index contributed by atoms with van der Waals surface area (Å²) >= 11 is 0. The van der Waals surface area contributed by atoms with Crippen molar-refractivity contribution in [3.8, 4) is 11.5 Å². The molecular formula is C42H48O5. The van der Waals surface area contributed by atoms with Crippen LogP contribution < -0.4 is 9.47 Å². The third kappa shape index (κ3) is 7.13. The minimum Gasteiger partial charge on any atom is -0.494 e. The van der Waals surface area contributed by atoms with E-state index in [4.69, 9.17) is 23.7 Å². The van der Waals surface area contributed by atoms with E-state index in [1.807, 2.05) is 19.1 Å². The summed E-state index contributed by atoms with van der Waals surface area (Å²) < 4.78 is 33.2. The molecule has 5 atom stereocenters. The van der Waals surface area contributed by atoms with Crippen molar-refractivity contribution in [2.45, 2.75) is 96.4 Å². The molecule has 1 unspecified atom stereocenters. The van der Waals surface area contributed by atoms with Crippen LogP contribution >= 0.6 is 0 Å². The number of hydrogen-bond donors (Lipinski definition) is 0. The van der Waals surface area contributed by atoms with Gasteiger partial charge in [0.05, 0.1) is 38.6 Å². The first-order valence-electron chi connectivity index (χ1n) is 17.6. The first-order valence-corrected chi connectivity index (χ1v) is 17.6. The van der Waals surface area contributed by atoms with Gasteiger partial charge in [-0.1, -0.05) is 92.7 Å². The molecule has 4 aromatic carbocycles. The van der Waals surface area contributed by atoms with Crippen LogP contribution in [0.15, 0.2) is 91.0 Å². The topological polar surface area (TPSA) is 46.2 Å². The molecule has 47 heavy (non-hydrogen) atoms. The quantitative estimate of drug-likeness (QED) is 0.147. The van der Waals surface area contributed by atoms with Crippen molar-refractivity contribution >= 4 is 0 Å². The van der Waals surface area contributed by atoms with Gasteiger partial charge < -0.3 is 23.7 Å². The third-order valence-electron chi connectivity index (χ3n) is 10.1. The number of ether oxygens (including phenoxy) is 5. The molecule has 0 radical (unpaired) electrons. The van der Waals surface area contributed by atoms with Gasteiger partial charge in [-0.2, -0.15) is 0 Å². The lowest BCUT2D eigenvalue weighted by atomic mass is 9.81. The van der Waals surface area contributed by atoms with Crippen LogP contribution in [-0.2, 0) is 40.3 Å². The van der Waals surface area contributed by atoms with E-state index in [2.05, 4.69) is 92.7 Å². The van der Waals surface area contributed by atoms with Gasteiger partial charge in [0.2, 0.25) is 0 Å². The summed E-state index contributed by atoms with van der Waals surface area (Å²) in [7, 11) is 0. The normalized spacial score (nSPS) is 23.7. The van der Waals surface area contributed by atoms with Crippen LogP contribution in [0, 0.1) is 5.92 Å². The van der Waals surface area contributed by atoms with Crippen molar-refractivity contribution in [1.82, 2.24) is 0 Å². The molecule has 2 aliphatic heterocycles. The van der Waals surface area contributed by atoms with Crippen LogP contribution in [0.5, 0.6) is 11.5 Å². The van der Waals surface area contributed by atoms with E-state index in [0.717, 1.165) is 36.3 Å². The highest BCUT2D eigenvalue weighted by Crippen LogP contribution is 2.52. The largest absolute Gasteiger partial charge is 0.494 e. The third-order valence-corrected chi connectivity index (χ3v) is 10.1. The Morgan fingerprint density at radius 2 is 1.43 bits per heavy atom. The van der Waals surface area contributed by atoms with Gasteiger partial charge in [0, 0.05) is 23.5 Å². The lowest BCUT2D eigenvalue weighted by Gasteiger charge is -2.46. The van der Waals surface area contributed by atoms with Crippen molar-refractivity contribution in [1.29, 1.82) is 0 Å². The molecule has 0 amide bonds. The molecule has 1 saturated carbocycles. The minimum atomic E-state index is -0.286. The highest BCUT2D eigenvalue weighted by molar-refractivity contribution is 5.57. The van der Waals surface area contributed by atoms with Crippen LogP contribution in [0.25, 0.3) is 0 Å². The molecule has 5 nitrogen and oxygen atoms in total. The van der Waals surface area contributed by atoms with Crippen molar-refractivity contribution in [2.24, 2.45) is 5.92 Å². The molecule has 1 saturated heterocycles. The number of hydrogen-bond acceptors (Lipinski definition) is 5. The summed E-state index contributed by atoms with van der Waals surface area (Å²) in [5, 5.41) is 0. The van der Waals surface area contributed by atoms with Crippen LogP contribution in [0.4, 0.5) is 0 Å². The number of benzene rings is 4. The van der Waals surface area contributed by atoms with Gasteiger partial charge in [-0.25, -0.2) is 0 Å². The predicted molar refractivity (Wildman–Crippen MR) is 185 cm³/mol. The Labute approximate surface area is 280 Å². The average Bonchev–Trinajstić information content (AvgIpc) is 3.83. The maximum atomic E-state index is 7.13. The maximum absolute atomic E-state index is 7.13. The summed E-state index contributed by atoms with van der Waals surface area (Å²) in [5.41, 5.74) is 8.83. The highest BCUT2D eigenvalue weighted by atomic mass is 16.6. The summed E-state index contributed by atoms with van der Waals surface area (Å²) in [4.78, 5) is 0. The second-order valence-corrected chi connectivity index (χ2v) is 13.4. The maximum Gasteiger partial charge on any atom is 0.126 e. The van der Waals surface area contributed by atoms with E-state index in [1.54, 1.807) is 0 Å². The van der Waals surface area contributed by atoms with E-state index >= 15 is 0 Å². The van der Waals surface area contributed by atoms with Crippen LogP contribution in [0.2, 0.25) is 0 Å². The van der Waals surface area contributed by atoms with Crippen molar-refractivity contribution < 1.29 is 23.7 Å². The smallest absolute Gasteiger partial charge is 0.126 e. The first-order chi connectivity index (χ1) is 23.1. The second-order valence-electron chi connectivity index (χ2n) is 13.4. The van der Waals surface area contributed by atoms with Crippen LogP contribution in [-0.4, -0.2) is 31.5 Å². The molecule has 0 bridgehead atoms. The monoisotopic (exact) mass is 632 g/mol. The molecule has 246 valence electrons. The Hall–Kier alpha value is -3.64. The Morgan fingerprint density at radius 1 is 0.766 bits per heavy atom. The van der Waals surface area contributed by atoms with Gasteiger partial charge in [-0.3, -0.25) is 0 Å². The standard InChI is InChI=1S/C42H48O5/c1-4-37-28(3)39(45-26-30-12-8-6-9-13-30)42(46-27-31-14-10-7-11-15-31)41(47-37)36-25-33(24-29-16-20-34(21-17-29)43-5-2)38(32-18-19-32)40-35(36)22-23-44-40/h6-17,20-21,25,28,32,37,39,41-42H,4-5,18-19,22-24,26-27H2,1-3H3/t28-,37-,39+,41?,42-/m1/s1. The Bertz CT molecular complexity index is 1600. The summed E-state index contributed by atoms with van der Waals surface area (Å²) in [6, 6.07) is 31.9. The van der Waals surface area contributed by atoms with E-state index in [9.17, 15) is 0 Å². The molecule has 0 spiro atoms. The summed E-state index contributed by atoms with van der Waals surface area (Å²) in [6.07, 6.45) is 4.43. The lowest BCUT2D eigenvalue weighted by Crippen LogP contribution is -2.52. The molecular weight excluding hydrogens is 584 g/mol. The molecule has 0 aromatic heterocycles. The Morgan fingerprint density at radius 3 is 2.04 bits per heavy atom. The fraction of sp³-hybridized carbons (Fsp3) is 0.429. The molecule has 1 aliphatic carbocycles. The lowest BCUT2D eigenvalue weighted by molar-refractivity contribution is -0.235. The Kier molecular flexibility index (Phi) is 9.95. The van der Waals surface area contributed by atoms with Crippen molar-refractivity contribution in [3.63, 3.8) is 0 Å². The highest BCUT2D eigenvalue weighted by Gasteiger charge is 2.47. The fourth-order valence-electron chi connectivity index (χ4n) is 7.53. The first kappa shape index (κ1) is 31.9. The molecule has 0 N–H and O–H groups in total. The number of rotatable bonds is 13. The van der Waals surface area contributed by atoms with Gasteiger partial charge in [0.15, 0.2) is 0 Å². The van der Waals surface area contributed by atoms with Crippen LogP contribution in [0.1, 0.15) is 91.0 Å². The zero-order valence-electron chi connectivity index (χ0n) is 28.0. The molecule has 3 aliphatic rings. The fourth-order valence-corrected chi connectivity index (χ4v) is 7.53. The van der Waals surface area contributed by atoms with Crippen molar-refractivity contribution in [3.05, 3.63) is 130 Å². The zero-order valence-corrected chi connectivity index (χ0v) is 28.0. The van der Waals surface area contributed by atoms with E-state index in [-0.39, 0.29) is 30.3 Å². The second kappa shape index (κ2) is 14.6. The average molecular weight is 633 g/mol.